The molecule has 0 aliphatic carbocycles. The fraction of sp³-hybridized carbons (Fsp3) is 0.235. The number of nitrogens with one attached hydrogen (secondary N) is 1. The zero-order valence-corrected chi connectivity index (χ0v) is 28.4. The van der Waals surface area contributed by atoms with Crippen molar-refractivity contribution in [3.63, 3.8) is 0 Å². The summed E-state index contributed by atoms with van der Waals surface area (Å²) in [5.74, 6) is -0.669. The minimum Gasteiger partial charge on any atom is -0.448 e. The van der Waals surface area contributed by atoms with Gasteiger partial charge in [-0.15, -0.1) is 0 Å². The number of aromatic nitrogens is 6. The van der Waals surface area contributed by atoms with Gasteiger partial charge in [0.05, 0.1) is 7.11 Å². The van der Waals surface area contributed by atoms with Crippen LogP contribution in [-0.2, 0) is 28.1 Å². The van der Waals surface area contributed by atoms with Crippen LogP contribution in [0.15, 0.2) is 87.8 Å². The van der Waals surface area contributed by atoms with E-state index in [1.807, 2.05) is 0 Å². The predicted octanol–water partition coefficient (Wildman–Crippen LogP) is 5.70. The smallest absolute Gasteiger partial charge is 0.294 e. The van der Waals surface area contributed by atoms with E-state index in [0.717, 1.165) is 24.9 Å². The fourth-order valence-electron chi connectivity index (χ4n) is 5.06. The van der Waals surface area contributed by atoms with E-state index in [1.165, 1.54) is 72.0 Å². The molecule has 264 valence electrons. The highest BCUT2D eigenvalue weighted by molar-refractivity contribution is 7.94. The van der Waals surface area contributed by atoms with E-state index in [4.69, 9.17) is 18.5 Å². The number of ether oxygens (including phenoxy) is 3. The maximum absolute atomic E-state index is 13.8. The van der Waals surface area contributed by atoms with Crippen molar-refractivity contribution < 1.29 is 32.2 Å². The molecule has 4 aromatic heterocycles. The molecule has 1 saturated heterocycles. The van der Waals surface area contributed by atoms with E-state index in [2.05, 4.69) is 30.1 Å². The summed E-state index contributed by atoms with van der Waals surface area (Å²) in [4.78, 5) is 46.6. The molecule has 2 aromatic carbocycles. The molecule has 5 heterocycles. The van der Waals surface area contributed by atoms with Crippen LogP contribution in [0.4, 0.5) is 14.7 Å². The van der Waals surface area contributed by atoms with Gasteiger partial charge in [-0.2, -0.15) is 9.32 Å². The van der Waals surface area contributed by atoms with Crippen LogP contribution < -0.4 is 25.9 Å². The lowest BCUT2D eigenvalue weighted by atomic mass is 10.1. The standard InChI is InChI=1S/C19H19FN4O3.C15H12FN3O4S/c1-24-17-12(11-21-19(23-17)22-13-6-8-26-9-7-13)10-16(18(24)25)27-15-5-3-2-4-14(15)20;1-19-13-9(8-17-15(18-13)24-23-21-2)7-12(14(19)20)22-11-6-4-3-5-10(11)16/h2-5,10-11,13H,6-9H2,1H3,(H,21,22,23);3-8H,1-2H3. The Morgan fingerprint density at radius 3 is 1.86 bits per heavy atom. The molecule has 0 bridgehead atoms. The minimum atomic E-state index is -0.556. The number of fused-ring (bicyclic) bond motifs is 2. The molecule has 51 heavy (non-hydrogen) atoms. The van der Waals surface area contributed by atoms with Crippen molar-refractivity contribution in [3.8, 4) is 23.0 Å². The van der Waals surface area contributed by atoms with Crippen LogP contribution in [0.1, 0.15) is 12.8 Å². The molecule has 17 heteroatoms. The molecule has 0 atom stereocenters. The number of nitrogens with zero attached hydrogens (tertiary/aromatic N) is 6. The summed E-state index contributed by atoms with van der Waals surface area (Å²) in [6, 6.07) is 15.0. The van der Waals surface area contributed by atoms with Gasteiger partial charge < -0.3 is 19.5 Å². The molecular weight excluding hydrogens is 688 g/mol. The molecular formula is C34H31F2N7O7S. The Kier molecular flexibility index (Phi) is 11.1. The maximum Gasteiger partial charge on any atom is 0.294 e. The third-order valence-corrected chi connectivity index (χ3v) is 8.20. The first-order valence-corrected chi connectivity index (χ1v) is 16.3. The number of aryl methyl sites for hydroxylation is 2. The lowest BCUT2D eigenvalue weighted by Crippen LogP contribution is -2.29. The van der Waals surface area contributed by atoms with Crippen molar-refractivity contribution in [1.82, 2.24) is 29.1 Å². The maximum atomic E-state index is 13.8. The molecule has 1 aliphatic rings. The van der Waals surface area contributed by atoms with Gasteiger partial charge >= 0.3 is 0 Å². The van der Waals surface area contributed by atoms with Crippen LogP contribution in [0, 0.1) is 11.6 Å². The Morgan fingerprint density at radius 1 is 0.784 bits per heavy atom. The highest BCUT2D eigenvalue weighted by atomic mass is 32.2. The monoisotopic (exact) mass is 719 g/mol. The van der Waals surface area contributed by atoms with Gasteiger partial charge in [0, 0.05) is 56.5 Å². The van der Waals surface area contributed by atoms with Gasteiger partial charge in [-0.1, -0.05) is 24.3 Å². The normalized spacial score (nSPS) is 13.1. The molecule has 0 saturated carbocycles. The van der Waals surface area contributed by atoms with Crippen LogP contribution >= 0.6 is 12.0 Å². The number of para-hydroxylation sites is 2. The first kappa shape index (κ1) is 35.3. The lowest BCUT2D eigenvalue weighted by molar-refractivity contribution is -0.160. The molecule has 7 rings (SSSR count). The summed E-state index contributed by atoms with van der Waals surface area (Å²) in [6.45, 7) is 1.42. The number of hydrogen-bond acceptors (Lipinski definition) is 13. The largest absolute Gasteiger partial charge is 0.448 e. The summed E-state index contributed by atoms with van der Waals surface area (Å²) in [5, 5.41) is 4.75. The van der Waals surface area contributed by atoms with Gasteiger partial charge in [0.2, 0.25) is 11.1 Å². The number of pyridine rings is 2. The van der Waals surface area contributed by atoms with Crippen LogP contribution in [-0.4, -0.2) is 55.4 Å². The number of benzene rings is 2. The molecule has 14 nitrogen and oxygen atoms in total. The van der Waals surface area contributed by atoms with E-state index in [-0.39, 0.29) is 34.2 Å². The van der Waals surface area contributed by atoms with Crippen LogP contribution in [0.2, 0.25) is 0 Å². The first-order chi connectivity index (χ1) is 24.7. The number of halogens is 2. The quantitative estimate of drug-likeness (QED) is 0.0843. The number of anilines is 1. The van der Waals surface area contributed by atoms with Crippen LogP contribution in [0.5, 0.6) is 23.0 Å². The molecule has 0 spiro atoms. The Labute approximate surface area is 293 Å². The molecule has 0 amide bonds. The minimum absolute atomic E-state index is 0.00678. The average molecular weight is 720 g/mol. The van der Waals surface area contributed by atoms with Gasteiger partial charge in [0.1, 0.15) is 23.3 Å². The highest BCUT2D eigenvalue weighted by Gasteiger charge is 2.17. The van der Waals surface area contributed by atoms with Gasteiger partial charge in [-0.25, -0.2) is 28.6 Å². The van der Waals surface area contributed by atoms with Gasteiger partial charge in [0.15, 0.2) is 34.6 Å². The molecule has 1 aliphatic heterocycles. The zero-order chi connectivity index (χ0) is 35.9. The Morgan fingerprint density at radius 2 is 1.31 bits per heavy atom. The Balaban J connectivity index is 0.000000177. The van der Waals surface area contributed by atoms with Crippen LogP contribution in [0.3, 0.4) is 0 Å². The van der Waals surface area contributed by atoms with Crippen molar-refractivity contribution in [2.75, 3.05) is 25.6 Å². The second kappa shape index (κ2) is 16.0. The zero-order valence-electron chi connectivity index (χ0n) is 27.5. The Bertz CT molecular complexity index is 2300. The number of rotatable bonds is 9. The lowest BCUT2D eigenvalue weighted by Gasteiger charge is -2.23. The van der Waals surface area contributed by atoms with E-state index in [1.54, 1.807) is 31.4 Å². The van der Waals surface area contributed by atoms with Crippen molar-refractivity contribution in [2.24, 2.45) is 14.1 Å². The SMILES string of the molecule is COOSc1ncc2cc(Oc3ccccc3F)c(=O)n(C)c2n1.Cn1c(=O)c(Oc2ccccc2F)cc2cnc(NC3CCOCC3)nc21. The third-order valence-electron chi connectivity index (χ3n) is 7.65. The fourth-order valence-corrected chi connectivity index (χ4v) is 5.40. The van der Waals surface area contributed by atoms with Gasteiger partial charge in [-0.05, 0) is 49.2 Å². The van der Waals surface area contributed by atoms with Gasteiger partial charge in [-0.3, -0.25) is 18.7 Å². The van der Waals surface area contributed by atoms with E-state index < -0.39 is 22.8 Å². The van der Waals surface area contributed by atoms with Gasteiger partial charge in [0.25, 0.3) is 11.1 Å². The molecule has 1 fully saturated rings. The number of hydrogen-bond donors (Lipinski definition) is 1. The van der Waals surface area contributed by atoms with Crippen molar-refractivity contribution in [1.29, 1.82) is 0 Å². The Hall–Kier alpha value is -5.49. The van der Waals surface area contributed by atoms with E-state index in [9.17, 15) is 18.4 Å². The highest BCUT2D eigenvalue weighted by Crippen LogP contribution is 2.26. The summed E-state index contributed by atoms with van der Waals surface area (Å²) in [6.07, 6.45) is 4.90. The second-order valence-electron chi connectivity index (χ2n) is 11.1. The van der Waals surface area contributed by atoms with E-state index >= 15 is 0 Å². The van der Waals surface area contributed by atoms with Crippen LogP contribution in [0.25, 0.3) is 22.1 Å². The van der Waals surface area contributed by atoms with Crippen molar-refractivity contribution >= 4 is 40.1 Å². The molecule has 0 unspecified atom stereocenters. The molecule has 6 aromatic rings. The molecule has 0 radical (unpaired) electrons. The van der Waals surface area contributed by atoms with Crippen molar-refractivity contribution in [2.45, 2.75) is 24.0 Å². The average Bonchev–Trinajstić information content (AvgIpc) is 3.14. The summed E-state index contributed by atoms with van der Waals surface area (Å²) in [7, 11) is 4.50. The molecule has 1 N–H and O–H groups in total. The summed E-state index contributed by atoms with van der Waals surface area (Å²) >= 11 is 0.818. The summed E-state index contributed by atoms with van der Waals surface area (Å²) in [5.41, 5.74) is 0.0121. The third kappa shape index (κ3) is 8.29. The topological polar surface area (TPSA) is 154 Å². The van der Waals surface area contributed by atoms with Crippen molar-refractivity contribution in [3.05, 3.63) is 105 Å². The van der Waals surface area contributed by atoms with E-state index in [0.29, 0.717) is 41.2 Å². The first-order valence-electron chi connectivity index (χ1n) is 15.5. The second-order valence-corrected chi connectivity index (χ2v) is 11.7. The summed E-state index contributed by atoms with van der Waals surface area (Å²) < 4.78 is 51.1. The predicted molar refractivity (Wildman–Crippen MR) is 184 cm³/mol.